The van der Waals surface area contributed by atoms with E-state index in [0.29, 0.717) is 0 Å². The molecule has 1 aromatic carbocycles. The third-order valence-corrected chi connectivity index (χ3v) is 5.07. The van der Waals surface area contributed by atoms with Gasteiger partial charge in [0.25, 0.3) is 0 Å². The van der Waals surface area contributed by atoms with E-state index in [0.717, 1.165) is 31.0 Å². The van der Waals surface area contributed by atoms with Crippen LogP contribution in [0, 0.1) is 0 Å². The predicted octanol–water partition coefficient (Wildman–Crippen LogP) is 3.90. The Bertz CT molecular complexity index is 651. The third kappa shape index (κ3) is 2.64. The molecule has 4 heteroatoms. The summed E-state index contributed by atoms with van der Waals surface area (Å²) in [5.41, 5.74) is 2.66. The fraction of sp³-hybridized carbons (Fsp3) is 0.333. The highest BCUT2D eigenvalue weighted by molar-refractivity contribution is 7.10. The van der Waals surface area contributed by atoms with E-state index in [2.05, 4.69) is 41.1 Å². The monoisotopic (exact) mass is 315 g/mol. The molecule has 0 aliphatic carbocycles. The first kappa shape index (κ1) is 15.1. The van der Waals surface area contributed by atoms with E-state index in [4.69, 9.17) is 9.47 Å². The van der Waals surface area contributed by atoms with Crippen LogP contribution in [-0.4, -0.2) is 32.2 Å². The number of hydrogen-bond donors (Lipinski definition) is 0. The lowest BCUT2D eigenvalue weighted by Crippen LogP contribution is -2.35. The van der Waals surface area contributed by atoms with Crippen LogP contribution in [0.15, 0.2) is 42.3 Å². The summed E-state index contributed by atoms with van der Waals surface area (Å²) < 4.78 is 11.0. The molecule has 1 aliphatic heterocycles. The number of hydrogen-bond acceptors (Lipinski definition) is 4. The molecule has 1 aliphatic rings. The Morgan fingerprint density at radius 1 is 1.32 bits per heavy atom. The molecule has 0 bridgehead atoms. The Morgan fingerprint density at radius 2 is 2.09 bits per heavy atom. The molecule has 1 atom stereocenters. The quantitative estimate of drug-likeness (QED) is 0.781. The zero-order valence-electron chi connectivity index (χ0n) is 13.0. The van der Waals surface area contributed by atoms with Crippen LogP contribution in [0.2, 0.25) is 0 Å². The summed E-state index contributed by atoms with van der Waals surface area (Å²) in [4.78, 5) is 3.82. The van der Waals surface area contributed by atoms with Gasteiger partial charge in [0.05, 0.1) is 20.3 Å². The van der Waals surface area contributed by atoms with Gasteiger partial charge in [-0.15, -0.1) is 17.9 Å². The average Bonchev–Trinajstić information content (AvgIpc) is 3.07. The molecular weight excluding hydrogens is 294 g/mol. The minimum atomic E-state index is 0.265. The van der Waals surface area contributed by atoms with Gasteiger partial charge >= 0.3 is 0 Å². The summed E-state index contributed by atoms with van der Waals surface area (Å²) in [5.74, 6) is 1.60. The Kier molecular flexibility index (Phi) is 4.50. The van der Waals surface area contributed by atoms with Crippen molar-refractivity contribution in [2.75, 3.05) is 27.3 Å². The van der Waals surface area contributed by atoms with Crippen molar-refractivity contribution < 1.29 is 9.47 Å². The number of ether oxygens (including phenoxy) is 2. The molecular formula is C18H21NO2S. The van der Waals surface area contributed by atoms with Gasteiger partial charge in [-0.1, -0.05) is 12.1 Å². The number of benzene rings is 1. The standard InChI is InChI=1S/C18H21NO2S/c1-4-8-19-9-7-13-11-15(20-2)16(21-3)12-14(13)18(19)17-6-5-10-22-17/h4-6,10-12,18H,1,7-9H2,2-3H3/t18-/m1/s1. The van der Waals surface area contributed by atoms with Crippen LogP contribution in [0.1, 0.15) is 22.0 Å². The van der Waals surface area contributed by atoms with E-state index in [1.54, 1.807) is 25.6 Å². The molecule has 3 rings (SSSR count). The van der Waals surface area contributed by atoms with Crippen molar-refractivity contribution in [3.8, 4) is 11.5 Å². The maximum atomic E-state index is 5.50. The van der Waals surface area contributed by atoms with Crippen LogP contribution in [0.5, 0.6) is 11.5 Å². The lowest BCUT2D eigenvalue weighted by molar-refractivity contribution is 0.238. The second kappa shape index (κ2) is 6.55. The summed E-state index contributed by atoms with van der Waals surface area (Å²) in [7, 11) is 3.38. The van der Waals surface area contributed by atoms with E-state index >= 15 is 0 Å². The smallest absolute Gasteiger partial charge is 0.161 e. The van der Waals surface area contributed by atoms with E-state index in [1.807, 2.05) is 6.08 Å². The van der Waals surface area contributed by atoms with E-state index < -0.39 is 0 Å². The topological polar surface area (TPSA) is 21.7 Å². The molecule has 0 fully saturated rings. The molecule has 0 saturated carbocycles. The summed E-state index contributed by atoms with van der Waals surface area (Å²) in [6, 6.07) is 8.84. The van der Waals surface area contributed by atoms with Crippen LogP contribution in [0.4, 0.5) is 0 Å². The molecule has 2 heterocycles. The average molecular weight is 315 g/mol. The minimum Gasteiger partial charge on any atom is -0.493 e. The van der Waals surface area contributed by atoms with Crippen molar-refractivity contribution in [2.45, 2.75) is 12.5 Å². The number of methoxy groups -OCH3 is 2. The molecule has 0 unspecified atom stereocenters. The number of rotatable bonds is 5. The molecule has 3 nitrogen and oxygen atoms in total. The Hall–Kier alpha value is -1.78. The molecule has 2 aromatic rings. The van der Waals surface area contributed by atoms with Gasteiger partial charge in [0.1, 0.15) is 0 Å². The van der Waals surface area contributed by atoms with Crippen LogP contribution < -0.4 is 9.47 Å². The van der Waals surface area contributed by atoms with Crippen LogP contribution in [0.25, 0.3) is 0 Å². The maximum Gasteiger partial charge on any atom is 0.161 e. The lowest BCUT2D eigenvalue weighted by atomic mass is 9.91. The summed E-state index contributed by atoms with van der Waals surface area (Å²) in [5, 5.41) is 2.14. The second-order valence-corrected chi connectivity index (χ2v) is 6.34. The van der Waals surface area contributed by atoms with E-state index in [1.165, 1.54) is 16.0 Å². The van der Waals surface area contributed by atoms with Gasteiger partial charge in [0.2, 0.25) is 0 Å². The molecule has 0 amide bonds. The maximum absolute atomic E-state index is 5.50. The van der Waals surface area contributed by atoms with Gasteiger partial charge in [0.15, 0.2) is 11.5 Å². The summed E-state index contributed by atoms with van der Waals surface area (Å²) >= 11 is 1.80. The first-order valence-electron chi connectivity index (χ1n) is 7.41. The fourth-order valence-corrected chi connectivity index (χ4v) is 4.02. The highest BCUT2D eigenvalue weighted by Crippen LogP contribution is 2.41. The van der Waals surface area contributed by atoms with Crippen molar-refractivity contribution in [2.24, 2.45) is 0 Å². The first-order chi connectivity index (χ1) is 10.8. The largest absolute Gasteiger partial charge is 0.493 e. The van der Waals surface area contributed by atoms with E-state index in [-0.39, 0.29) is 6.04 Å². The van der Waals surface area contributed by atoms with Crippen molar-refractivity contribution in [1.82, 2.24) is 4.90 Å². The highest BCUT2D eigenvalue weighted by atomic mass is 32.1. The van der Waals surface area contributed by atoms with Gasteiger partial charge in [-0.3, -0.25) is 4.90 Å². The number of thiophene rings is 1. The molecule has 0 N–H and O–H groups in total. The third-order valence-electron chi connectivity index (χ3n) is 4.15. The van der Waals surface area contributed by atoms with Gasteiger partial charge in [-0.25, -0.2) is 0 Å². The van der Waals surface area contributed by atoms with Gasteiger partial charge in [-0.2, -0.15) is 0 Å². The van der Waals surface area contributed by atoms with Crippen molar-refractivity contribution in [3.05, 3.63) is 58.3 Å². The number of nitrogens with zero attached hydrogens (tertiary/aromatic N) is 1. The molecule has 22 heavy (non-hydrogen) atoms. The predicted molar refractivity (Wildman–Crippen MR) is 91.2 cm³/mol. The van der Waals surface area contributed by atoms with Gasteiger partial charge in [0, 0.05) is 18.0 Å². The van der Waals surface area contributed by atoms with Crippen molar-refractivity contribution >= 4 is 11.3 Å². The highest BCUT2D eigenvalue weighted by Gasteiger charge is 2.30. The number of fused-ring (bicyclic) bond motifs is 1. The normalized spacial score (nSPS) is 17.8. The molecule has 0 saturated heterocycles. The zero-order valence-corrected chi connectivity index (χ0v) is 13.9. The first-order valence-corrected chi connectivity index (χ1v) is 8.29. The van der Waals surface area contributed by atoms with Gasteiger partial charge < -0.3 is 9.47 Å². The van der Waals surface area contributed by atoms with Crippen molar-refractivity contribution in [1.29, 1.82) is 0 Å². The van der Waals surface area contributed by atoms with Crippen LogP contribution in [0.3, 0.4) is 0 Å². The van der Waals surface area contributed by atoms with Gasteiger partial charge in [-0.05, 0) is 41.1 Å². The summed E-state index contributed by atoms with van der Waals surface area (Å²) in [6.07, 6.45) is 3.00. The minimum absolute atomic E-state index is 0.265. The fourth-order valence-electron chi connectivity index (χ4n) is 3.14. The Balaban J connectivity index is 2.11. The molecule has 0 radical (unpaired) electrons. The second-order valence-electron chi connectivity index (χ2n) is 5.36. The summed E-state index contributed by atoms with van der Waals surface area (Å²) in [6.45, 7) is 5.81. The Morgan fingerprint density at radius 3 is 2.73 bits per heavy atom. The zero-order chi connectivity index (χ0) is 15.5. The van der Waals surface area contributed by atoms with Crippen LogP contribution >= 0.6 is 11.3 Å². The lowest BCUT2D eigenvalue weighted by Gasteiger charge is -2.36. The van der Waals surface area contributed by atoms with Crippen molar-refractivity contribution in [3.63, 3.8) is 0 Å². The van der Waals surface area contributed by atoms with Crippen LogP contribution in [-0.2, 0) is 6.42 Å². The molecule has 0 spiro atoms. The SMILES string of the molecule is C=CCN1CCc2cc(OC)c(OC)cc2[C@@H]1c1cccs1. The molecule has 116 valence electrons. The molecule has 1 aromatic heterocycles. The van der Waals surface area contributed by atoms with E-state index in [9.17, 15) is 0 Å². The Labute approximate surface area is 135 Å².